The summed E-state index contributed by atoms with van der Waals surface area (Å²) in [4.78, 5) is 0. The summed E-state index contributed by atoms with van der Waals surface area (Å²) >= 11 is 0. The van der Waals surface area contributed by atoms with E-state index in [0.717, 1.165) is 13.1 Å². The molecule has 0 fully saturated rings. The molecule has 3 heteroatoms. The molecule has 11 heavy (non-hydrogen) atoms. The Hall–Kier alpha value is -0.120. The third-order valence-electron chi connectivity index (χ3n) is 1.52. The summed E-state index contributed by atoms with van der Waals surface area (Å²) in [6.07, 6.45) is 0.161. The molecular weight excluding hydrogens is 140 g/mol. The van der Waals surface area contributed by atoms with Crippen LogP contribution in [-0.2, 0) is 4.74 Å². The third-order valence-corrected chi connectivity index (χ3v) is 1.52. The van der Waals surface area contributed by atoms with Gasteiger partial charge >= 0.3 is 0 Å². The molecule has 3 nitrogen and oxygen atoms in total. The topological polar surface area (TPSA) is 47.3 Å². The molecule has 0 aliphatic carbocycles. The Labute approximate surface area is 69.3 Å². The maximum absolute atomic E-state index is 5.44. The van der Waals surface area contributed by atoms with Crippen molar-refractivity contribution in [1.29, 1.82) is 0 Å². The van der Waals surface area contributed by atoms with Gasteiger partial charge in [-0.15, -0.1) is 0 Å². The lowest BCUT2D eigenvalue weighted by atomic mass is 10.2. The van der Waals surface area contributed by atoms with Crippen molar-refractivity contribution >= 4 is 0 Å². The molecule has 0 aromatic heterocycles. The van der Waals surface area contributed by atoms with E-state index in [0.29, 0.717) is 12.5 Å². The molecule has 0 saturated heterocycles. The Morgan fingerprint density at radius 3 is 2.36 bits per heavy atom. The Bertz CT molecular complexity index is 82.2. The molecular formula is C8H20N2O. The van der Waals surface area contributed by atoms with Crippen LogP contribution >= 0.6 is 0 Å². The molecule has 1 atom stereocenters. The van der Waals surface area contributed by atoms with Gasteiger partial charge in [0.15, 0.2) is 0 Å². The van der Waals surface area contributed by atoms with Crippen molar-refractivity contribution in [1.82, 2.24) is 5.32 Å². The molecule has 0 bridgehead atoms. The van der Waals surface area contributed by atoms with Gasteiger partial charge in [0.2, 0.25) is 0 Å². The maximum Gasteiger partial charge on any atom is 0.0817 e. The fourth-order valence-corrected chi connectivity index (χ4v) is 0.796. The van der Waals surface area contributed by atoms with E-state index < -0.39 is 0 Å². The number of nitrogens with two attached hydrogens (primary N) is 1. The number of rotatable bonds is 6. The molecule has 68 valence electrons. The second-order valence-electron chi connectivity index (χ2n) is 3.15. The highest BCUT2D eigenvalue weighted by molar-refractivity contribution is 4.62. The molecule has 0 heterocycles. The lowest BCUT2D eigenvalue weighted by Gasteiger charge is -2.14. The quantitative estimate of drug-likeness (QED) is 0.584. The van der Waals surface area contributed by atoms with Gasteiger partial charge in [-0.25, -0.2) is 0 Å². The summed E-state index contributed by atoms with van der Waals surface area (Å²) in [6, 6.07) is 0. The molecule has 0 aliphatic rings. The van der Waals surface area contributed by atoms with Gasteiger partial charge in [0.25, 0.3) is 0 Å². The van der Waals surface area contributed by atoms with Gasteiger partial charge in [-0.1, -0.05) is 13.8 Å². The van der Waals surface area contributed by atoms with Crippen molar-refractivity contribution in [2.75, 3.05) is 26.7 Å². The second kappa shape index (κ2) is 6.58. The largest absolute Gasteiger partial charge is 0.379 e. The first-order chi connectivity index (χ1) is 5.20. The van der Waals surface area contributed by atoms with E-state index in [1.165, 1.54) is 0 Å². The minimum Gasteiger partial charge on any atom is -0.379 e. The molecule has 1 unspecified atom stereocenters. The summed E-state index contributed by atoms with van der Waals surface area (Å²) in [5.41, 5.74) is 5.44. The zero-order chi connectivity index (χ0) is 8.69. The normalized spacial score (nSPS) is 13.9. The first-order valence-electron chi connectivity index (χ1n) is 4.14. The van der Waals surface area contributed by atoms with Gasteiger partial charge in [-0.05, 0) is 12.5 Å². The molecule has 0 radical (unpaired) electrons. The molecule has 0 aliphatic heterocycles. The molecule has 0 aromatic carbocycles. The van der Waals surface area contributed by atoms with Gasteiger partial charge in [0.05, 0.1) is 6.10 Å². The van der Waals surface area contributed by atoms with Crippen LogP contribution in [0.3, 0.4) is 0 Å². The van der Waals surface area contributed by atoms with E-state index >= 15 is 0 Å². The maximum atomic E-state index is 5.44. The lowest BCUT2D eigenvalue weighted by Crippen LogP contribution is -2.35. The third kappa shape index (κ3) is 6.28. The smallest absolute Gasteiger partial charge is 0.0817 e. The number of hydrogen-bond acceptors (Lipinski definition) is 3. The van der Waals surface area contributed by atoms with Crippen LogP contribution in [0.25, 0.3) is 0 Å². The van der Waals surface area contributed by atoms with Crippen molar-refractivity contribution in [2.24, 2.45) is 11.7 Å². The Balaban J connectivity index is 3.21. The van der Waals surface area contributed by atoms with E-state index in [1.807, 2.05) is 0 Å². The summed E-state index contributed by atoms with van der Waals surface area (Å²) in [7, 11) is 1.69. The summed E-state index contributed by atoms with van der Waals surface area (Å²) in [5, 5.41) is 3.28. The van der Waals surface area contributed by atoms with Crippen molar-refractivity contribution in [3.8, 4) is 0 Å². The number of nitrogens with one attached hydrogen (secondary N) is 1. The van der Waals surface area contributed by atoms with Gasteiger partial charge in [-0.3, -0.25) is 0 Å². The molecule has 0 amide bonds. The molecule has 0 saturated carbocycles. The lowest BCUT2D eigenvalue weighted by molar-refractivity contribution is 0.108. The summed E-state index contributed by atoms with van der Waals surface area (Å²) in [5.74, 6) is 0.685. The predicted molar refractivity (Wildman–Crippen MR) is 47.6 cm³/mol. The van der Waals surface area contributed by atoms with Gasteiger partial charge in [0, 0.05) is 20.2 Å². The van der Waals surface area contributed by atoms with Crippen molar-refractivity contribution < 1.29 is 4.74 Å². The van der Waals surface area contributed by atoms with Crippen LogP contribution < -0.4 is 11.1 Å². The highest BCUT2D eigenvalue weighted by Gasteiger charge is 2.02. The highest BCUT2D eigenvalue weighted by Crippen LogP contribution is 1.88. The minimum absolute atomic E-state index is 0.161. The van der Waals surface area contributed by atoms with Crippen molar-refractivity contribution in [3.63, 3.8) is 0 Å². The van der Waals surface area contributed by atoms with Crippen LogP contribution in [0.15, 0.2) is 0 Å². The average molecular weight is 160 g/mol. The van der Waals surface area contributed by atoms with Crippen LogP contribution in [0.1, 0.15) is 13.8 Å². The average Bonchev–Trinajstić information content (AvgIpc) is 1.98. The Morgan fingerprint density at radius 2 is 2.00 bits per heavy atom. The van der Waals surface area contributed by atoms with Crippen LogP contribution in [-0.4, -0.2) is 32.8 Å². The second-order valence-corrected chi connectivity index (χ2v) is 3.15. The van der Waals surface area contributed by atoms with E-state index in [4.69, 9.17) is 10.5 Å². The Morgan fingerprint density at radius 1 is 1.36 bits per heavy atom. The molecule has 0 aromatic rings. The van der Waals surface area contributed by atoms with Gasteiger partial charge in [0.1, 0.15) is 0 Å². The van der Waals surface area contributed by atoms with Crippen molar-refractivity contribution in [2.45, 2.75) is 20.0 Å². The number of methoxy groups -OCH3 is 1. The first kappa shape index (κ1) is 10.9. The van der Waals surface area contributed by atoms with Gasteiger partial charge in [-0.2, -0.15) is 0 Å². The van der Waals surface area contributed by atoms with E-state index in [9.17, 15) is 0 Å². The standard InChI is InChI=1S/C8H20N2O/c1-7(2)5-10-6-8(4-9)11-3/h7-8,10H,4-6,9H2,1-3H3. The fraction of sp³-hybridized carbons (Fsp3) is 1.00. The summed E-state index contributed by atoms with van der Waals surface area (Å²) in [6.45, 7) is 6.82. The van der Waals surface area contributed by atoms with Crippen LogP contribution in [0.4, 0.5) is 0 Å². The highest BCUT2D eigenvalue weighted by atomic mass is 16.5. The minimum atomic E-state index is 0.161. The Kier molecular flexibility index (Phi) is 6.51. The van der Waals surface area contributed by atoms with Crippen LogP contribution in [0, 0.1) is 5.92 Å². The van der Waals surface area contributed by atoms with E-state index in [1.54, 1.807) is 7.11 Å². The molecule has 0 spiro atoms. The SMILES string of the molecule is COC(CN)CNCC(C)C. The monoisotopic (exact) mass is 160 g/mol. The van der Waals surface area contributed by atoms with Crippen molar-refractivity contribution in [3.05, 3.63) is 0 Å². The predicted octanol–water partition coefficient (Wildman–Crippen LogP) is 0.206. The summed E-state index contributed by atoms with van der Waals surface area (Å²) < 4.78 is 5.09. The van der Waals surface area contributed by atoms with Crippen LogP contribution in [0.5, 0.6) is 0 Å². The van der Waals surface area contributed by atoms with Crippen LogP contribution in [0.2, 0.25) is 0 Å². The van der Waals surface area contributed by atoms with E-state index in [2.05, 4.69) is 19.2 Å². The van der Waals surface area contributed by atoms with E-state index in [-0.39, 0.29) is 6.10 Å². The zero-order valence-corrected chi connectivity index (χ0v) is 7.76. The molecule has 3 N–H and O–H groups in total. The zero-order valence-electron chi connectivity index (χ0n) is 7.76. The molecule has 0 rings (SSSR count). The first-order valence-corrected chi connectivity index (χ1v) is 4.14. The number of hydrogen-bond donors (Lipinski definition) is 2. The fourth-order valence-electron chi connectivity index (χ4n) is 0.796. The van der Waals surface area contributed by atoms with Gasteiger partial charge < -0.3 is 15.8 Å². The number of ether oxygens (including phenoxy) is 1.